The predicted molar refractivity (Wildman–Crippen MR) is 118 cm³/mol. The van der Waals surface area contributed by atoms with Crippen LogP contribution in [0.2, 0.25) is 0 Å². The molecule has 0 radical (unpaired) electrons. The topological polar surface area (TPSA) is 159 Å². The third-order valence-corrected chi connectivity index (χ3v) is 5.15. The summed E-state index contributed by atoms with van der Waals surface area (Å²) in [7, 11) is 0. The maximum atomic E-state index is 11.9. The standard InChI is InChI=1S/C21H22N10O/c1-13-10-25-19(12-24-13)28-18-8-17(16(11-26-18)21(23)32)27-14-4-6-31(7-5-14)20-3-2-15(9-22)29-30-20/h2-3,8,10-12,14H,4-7H2,1H3,(H2,23,32)(H2,25,26,27,28). The highest BCUT2D eigenvalue weighted by Crippen LogP contribution is 2.25. The van der Waals surface area contributed by atoms with E-state index in [0.717, 1.165) is 37.4 Å². The van der Waals surface area contributed by atoms with E-state index in [1.54, 1.807) is 30.6 Å². The molecular formula is C21H22N10O. The normalized spacial score (nSPS) is 13.9. The number of carbonyl (C=O) groups is 1. The number of carbonyl (C=O) groups excluding carboxylic acids is 1. The minimum absolute atomic E-state index is 0.144. The summed E-state index contributed by atoms with van der Waals surface area (Å²) in [5.74, 6) is 1.28. The molecule has 1 aliphatic rings. The molecule has 3 aromatic rings. The number of aryl methyl sites for hydroxylation is 1. The van der Waals surface area contributed by atoms with Crippen LogP contribution < -0.4 is 21.3 Å². The molecule has 1 fully saturated rings. The van der Waals surface area contributed by atoms with Crippen LogP contribution >= 0.6 is 0 Å². The molecule has 3 aromatic heterocycles. The van der Waals surface area contributed by atoms with Crippen molar-refractivity contribution in [3.8, 4) is 6.07 Å². The van der Waals surface area contributed by atoms with Crippen molar-refractivity contribution in [2.24, 2.45) is 5.73 Å². The number of pyridine rings is 1. The van der Waals surface area contributed by atoms with Gasteiger partial charge in [0.15, 0.2) is 11.5 Å². The molecule has 0 unspecified atom stereocenters. The number of nitrogens with zero attached hydrogens (tertiary/aromatic N) is 7. The van der Waals surface area contributed by atoms with Crippen molar-refractivity contribution in [3.63, 3.8) is 0 Å². The zero-order chi connectivity index (χ0) is 22.5. The number of aromatic nitrogens is 5. The van der Waals surface area contributed by atoms with Gasteiger partial charge in [-0.1, -0.05) is 0 Å². The molecule has 0 bridgehead atoms. The van der Waals surface area contributed by atoms with E-state index in [4.69, 9.17) is 11.0 Å². The Kier molecular flexibility index (Phi) is 6.03. The Bertz CT molecular complexity index is 1130. The highest BCUT2D eigenvalue weighted by Gasteiger charge is 2.22. The summed E-state index contributed by atoms with van der Waals surface area (Å²) >= 11 is 0. The van der Waals surface area contributed by atoms with Gasteiger partial charge in [0.25, 0.3) is 5.91 Å². The van der Waals surface area contributed by atoms with Crippen molar-refractivity contribution >= 4 is 29.0 Å². The van der Waals surface area contributed by atoms with E-state index in [2.05, 4.69) is 40.7 Å². The fourth-order valence-corrected chi connectivity index (χ4v) is 3.45. The number of anilines is 4. The molecule has 0 spiro atoms. The van der Waals surface area contributed by atoms with E-state index in [1.807, 2.05) is 13.0 Å². The summed E-state index contributed by atoms with van der Waals surface area (Å²) in [5.41, 5.74) is 7.60. The molecule has 32 heavy (non-hydrogen) atoms. The molecule has 4 N–H and O–H groups in total. The molecule has 11 heteroatoms. The summed E-state index contributed by atoms with van der Waals surface area (Å²) in [6, 6.07) is 7.33. The first-order chi connectivity index (χ1) is 15.5. The Hall–Kier alpha value is -4.33. The number of nitrogens with one attached hydrogen (secondary N) is 2. The third-order valence-electron chi connectivity index (χ3n) is 5.15. The third kappa shape index (κ3) is 4.86. The molecule has 1 saturated heterocycles. The molecule has 4 heterocycles. The van der Waals surface area contributed by atoms with Crippen LogP contribution in [-0.2, 0) is 0 Å². The van der Waals surface area contributed by atoms with Gasteiger partial charge in [-0.15, -0.1) is 10.2 Å². The van der Waals surface area contributed by atoms with E-state index < -0.39 is 5.91 Å². The molecule has 0 aliphatic carbocycles. The Morgan fingerprint density at radius 2 is 1.91 bits per heavy atom. The van der Waals surface area contributed by atoms with Gasteiger partial charge < -0.3 is 21.3 Å². The van der Waals surface area contributed by atoms with E-state index in [0.29, 0.717) is 28.6 Å². The van der Waals surface area contributed by atoms with Gasteiger partial charge in [0.05, 0.1) is 29.3 Å². The fourth-order valence-electron chi connectivity index (χ4n) is 3.45. The molecular weight excluding hydrogens is 408 g/mol. The lowest BCUT2D eigenvalue weighted by Crippen LogP contribution is -2.40. The highest BCUT2D eigenvalue weighted by atomic mass is 16.1. The molecule has 0 saturated carbocycles. The van der Waals surface area contributed by atoms with E-state index >= 15 is 0 Å². The molecule has 4 rings (SSSR count). The van der Waals surface area contributed by atoms with Crippen LogP contribution in [0, 0.1) is 18.3 Å². The average Bonchev–Trinajstić information content (AvgIpc) is 2.81. The van der Waals surface area contributed by atoms with Crippen molar-refractivity contribution in [1.29, 1.82) is 5.26 Å². The first kappa shape index (κ1) is 20.9. The molecule has 0 atom stereocenters. The lowest BCUT2D eigenvalue weighted by Gasteiger charge is -2.33. The second-order valence-electron chi connectivity index (χ2n) is 7.44. The molecule has 162 valence electrons. The summed E-state index contributed by atoms with van der Waals surface area (Å²) < 4.78 is 0. The fraction of sp³-hybridized carbons (Fsp3) is 0.286. The highest BCUT2D eigenvalue weighted by molar-refractivity contribution is 5.98. The number of hydrogen-bond acceptors (Lipinski definition) is 10. The summed E-state index contributed by atoms with van der Waals surface area (Å²) in [6.07, 6.45) is 6.39. The number of nitriles is 1. The molecule has 11 nitrogen and oxygen atoms in total. The Balaban J connectivity index is 1.44. The molecule has 1 amide bonds. The summed E-state index contributed by atoms with van der Waals surface area (Å²) in [5, 5.41) is 23.4. The Morgan fingerprint density at radius 3 is 2.53 bits per heavy atom. The van der Waals surface area contributed by atoms with E-state index in [9.17, 15) is 4.79 Å². The average molecular weight is 430 g/mol. The lowest BCUT2D eigenvalue weighted by molar-refractivity contribution is 0.100. The van der Waals surface area contributed by atoms with Gasteiger partial charge in [0.1, 0.15) is 17.7 Å². The van der Waals surface area contributed by atoms with E-state index in [-0.39, 0.29) is 6.04 Å². The summed E-state index contributed by atoms with van der Waals surface area (Å²) in [6.45, 7) is 3.39. The van der Waals surface area contributed by atoms with Gasteiger partial charge in [-0.3, -0.25) is 9.78 Å². The first-order valence-corrected chi connectivity index (χ1v) is 10.1. The van der Waals surface area contributed by atoms with Crippen LogP contribution in [0.25, 0.3) is 0 Å². The Morgan fingerprint density at radius 1 is 1.12 bits per heavy atom. The number of amides is 1. The van der Waals surface area contributed by atoms with Crippen LogP contribution in [0.1, 0.15) is 34.6 Å². The monoisotopic (exact) mass is 430 g/mol. The van der Waals surface area contributed by atoms with Crippen molar-refractivity contribution < 1.29 is 4.79 Å². The van der Waals surface area contributed by atoms with Crippen LogP contribution in [-0.4, -0.2) is 50.2 Å². The quantitative estimate of drug-likeness (QED) is 0.526. The van der Waals surface area contributed by atoms with Crippen LogP contribution in [0.5, 0.6) is 0 Å². The van der Waals surface area contributed by atoms with Gasteiger partial charge in [0.2, 0.25) is 0 Å². The van der Waals surface area contributed by atoms with Gasteiger partial charge in [-0.2, -0.15) is 5.26 Å². The number of nitrogens with two attached hydrogens (primary N) is 1. The number of rotatable bonds is 6. The largest absolute Gasteiger partial charge is 0.381 e. The van der Waals surface area contributed by atoms with Crippen molar-refractivity contribution in [2.75, 3.05) is 28.6 Å². The van der Waals surface area contributed by atoms with E-state index in [1.165, 1.54) is 6.20 Å². The number of piperidine rings is 1. The van der Waals surface area contributed by atoms with Gasteiger partial charge >= 0.3 is 0 Å². The smallest absolute Gasteiger partial charge is 0.252 e. The minimum atomic E-state index is -0.549. The van der Waals surface area contributed by atoms with Crippen molar-refractivity contribution in [1.82, 2.24) is 25.1 Å². The molecule has 0 aromatic carbocycles. The maximum Gasteiger partial charge on any atom is 0.252 e. The zero-order valence-corrected chi connectivity index (χ0v) is 17.5. The van der Waals surface area contributed by atoms with Crippen molar-refractivity contribution in [2.45, 2.75) is 25.8 Å². The SMILES string of the molecule is Cc1cnc(Nc2cc(NC3CCN(c4ccc(C#N)nn4)CC3)c(C(N)=O)cn2)cn1. The van der Waals surface area contributed by atoms with Crippen molar-refractivity contribution in [3.05, 3.63) is 53.7 Å². The van der Waals surface area contributed by atoms with Gasteiger partial charge in [0, 0.05) is 31.4 Å². The predicted octanol–water partition coefficient (Wildman–Crippen LogP) is 1.77. The van der Waals surface area contributed by atoms with Gasteiger partial charge in [-0.05, 0) is 31.9 Å². The zero-order valence-electron chi connectivity index (χ0n) is 17.5. The second-order valence-corrected chi connectivity index (χ2v) is 7.44. The van der Waals surface area contributed by atoms with Crippen LogP contribution in [0.15, 0.2) is 36.8 Å². The number of hydrogen-bond donors (Lipinski definition) is 3. The number of primary amides is 1. The van der Waals surface area contributed by atoms with Crippen LogP contribution in [0.4, 0.5) is 23.1 Å². The molecule has 1 aliphatic heterocycles. The second kappa shape index (κ2) is 9.22. The maximum absolute atomic E-state index is 11.9. The Labute approximate surface area is 184 Å². The van der Waals surface area contributed by atoms with Crippen LogP contribution in [0.3, 0.4) is 0 Å². The lowest BCUT2D eigenvalue weighted by atomic mass is 10.0. The minimum Gasteiger partial charge on any atom is -0.381 e. The summed E-state index contributed by atoms with van der Waals surface area (Å²) in [4.78, 5) is 26.8. The first-order valence-electron chi connectivity index (χ1n) is 10.1. The van der Waals surface area contributed by atoms with Gasteiger partial charge in [-0.25, -0.2) is 9.97 Å².